The number of phenols is 1. The summed E-state index contributed by atoms with van der Waals surface area (Å²) in [5, 5.41) is 18.5. The molecule has 0 saturated heterocycles. The summed E-state index contributed by atoms with van der Waals surface area (Å²) >= 11 is 0. The lowest BCUT2D eigenvalue weighted by molar-refractivity contribution is -0.146. The van der Waals surface area contributed by atoms with Crippen LogP contribution < -0.4 is 0 Å². The van der Waals surface area contributed by atoms with E-state index >= 15 is 0 Å². The summed E-state index contributed by atoms with van der Waals surface area (Å²) in [6, 6.07) is 2.82. The zero-order valence-corrected chi connectivity index (χ0v) is 9.54. The van der Waals surface area contributed by atoms with E-state index in [1.165, 1.54) is 19.9 Å². The van der Waals surface area contributed by atoms with Gasteiger partial charge in [0.25, 0.3) is 0 Å². The number of hydrogen-bond acceptors (Lipinski definition) is 2. The Balaban J connectivity index is 3.11. The quantitative estimate of drug-likeness (QED) is 0.832. The van der Waals surface area contributed by atoms with Gasteiger partial charge in [-0.2, -0.15) is 0 Å². The molecule has 0 unspecified atom stereocenters. The SMILES string of the molecule is Cc1cc(F)c(O)c(CC(C)(C)C(=O)O)c1. The predicted octanol–water partition coefficient (Wildman–Crippen LogP) is 2.49. The van der Waals surface area contributed by atoms with E-state index in [2.05, 4.69) is 0 Å². The number of benzene rings is 1. The lowest BCUT2D eigenvalue weighted by atomic mass is 9.85. The first-order chi connectivity index (χ1) is 7.24. The summed E-state index contributed by atoms with van der Waals surface area (Å²) in [5.74, 6) is -2.15. The van der Waals surface area contributed by atoms with E-state index in [-0.39, 0.29) is 6.42 Å². The number of hydrogen-bond donors (Lipinski definition) is 2. The van der Waals surface area contributed by atoms with Gasteiger partial charge in [-0.05, 0) is 44.4 Å². The van der Waals surface area contributed by atoms with Crippen LogP contribution in [0.15, 0.2) is 12.1 Å². The van der Waals surface area contributed by atoms with Gasteiger partial charge in [0.1, 0.15) is 0 Å². The monoisotopic (exact) mass is 226 g/mol. The van der Waals surface area contributed by atoms with E-state index in [1.807, 2.05) is 0 Å². The molecule has 0 atom stereocenters. The third-order valence-corrected chi connectivity index (χ3v) is 2.50. The number of rotatable bonds is 3. The van der Waals surface area contributed by atoms with Crippen molar-refractivity contribution in [2.75, 3.05) is 0 Å². The molecule has 4 heteroatoms. The number of halogens is 1. The third kappa shape index (κ3) is 2.51. The van der Waals surface area contributed by atoms with Crippen LogP contribution in [0, 0.1) is 18.2 Å². The molecule has 16 heavy (non-hydrogen) atoms. The zero-order valence-electron chi connectivity index (χ0n) is 9.54. The summed E-state index contributed by atoms with van der Waals surface area (Å²) in [7, 11) is 0. The summed E-state index contributed by atoms with van der Waals surface area (Å²) in [6.07, 6.45) is 0.0900. The van der Waals surface area contributed by atoms with Gasteiger partial charge < -0.3 is 10.2 Å². The van der Waals surface area contributed by atoms with Crippen molar-refractivity contribution in [2.45, 2.75) is 27.2 Å². The number of carboxylic acids is 1. The summed E-state index contributed by atoms with van der Waals surface area (Å²) in [4.78, 5) is 10.9. The molecule has 0 radical (unpaired) electrons. The maximum absolute atomic E-state index is 13.2. The van der Waals surface area contributed by atoms with E-state index in [0.29, 0.717) is 11.1 Å². The molecule has 0 bridgehead atoms. The number of carbonyl (C=O) groups is 1. The Morgan fingerprint density at radius 1 is 1.44 bits per heavy atom. The molecule has 0 aromatic heterocycles. The summed E-state index contributed by atoms with van der Waals surface area (Å²) < 4.78 is 13.2. The second kappa shape index (κ2) is 4.12. The number of aryl methyl sites for hydroxylation is 1. The van der Waals surface area contributed by atoms with Crippen molar-refractivity contribution in [3.63, 3.8) is 0 Å². The van der Waals surface area contributed by atoms with Gasteiger partial charge in [0.05, 0.1) is 5.41 Å². The van der Waals surface area contributed by atoms with E-state index in [9.17, 15) is 14.3 Å². The van der Waals surface area contributed by atoms with E-state index < -0.39 is 23.0 Å². The van der Waals surface area contributed by atoms with Crippen LogP contribution in [0.1, 0.15) is 25.0 Å². The molecule has 0 saturated carbocycles. The maximum Gasteiger partial charge on any atom is 0.309 e. The molecular weight excluding hydrogens is 211 g/mol. The topological polar surface area (TPSA) is 57.5 Å². The average Bonchev–Trinajstić information content (AvgIpc) is 2.12. The van der Waals surface area contributed by atoms with E-state index in [0.717, 1.165) is 0 Å². The largest absolute Gasteiger partial charge is 0.505 e. The van der Waals surface area contributed by atoms with E-state index in [4.69, 9.17) is 5.11 Å². The van der Waals surface area contributed by atoms with Gasteiger partial charge in [0.2, 0.25) is 0 Å². The maximum atomic E-state index is 13.2. The molecule has 0 amide bonds. The normalized spacial score (nSPS) is 11.5. The van der Waals surface area contributed by atoms with Crippen molar-refractivity contribution in [3.05, 3.63) is 29.1 Å². The minimum absolute atomic E-state index is 0.0900. The Morgan fingerprint density at radius 2 is 2.00 bits per heavy atom. The number of carboxylic acid groups (broad SMARTS) is 1. The van der Waals surface area contributed by atoms with Crippen molar-refractivity contribution in [3.8, 4) is 5.75 Å². The molecule has 2 N–H and O–H groups in total. The average molecular weight is 226 g/mol. The highest BCUT2D eigenvalue weighted by atomic mass is 19.1. The Morgan fingerprint density at radius 3 is 2.50 bits per heavy atom. The van der Waals surface area contributed by atoms with Gasteiger partial charge >= 0.3 is 5.97 Å². The molecule has 0 fully saturated rings. The van der Waals surface area contributed by atoms with Gasteiger partial charge in [-0.25, -0.2) is 4.39 Å². The second-order valence-corrected chi connectivity index (χ2v) is 4.62. The van der Waals surface area contributed by atoms with Crippen molar-refractivity contribution in [2.24, 2.45) is 5.41 Å². The number of aromatic hydroxyl groups is 1. The molecule has 0 aliphatic heterocycles. The van der Waals surface area contributed by atoms with Crippen molar-refractivity contribution >= 4 is 5.97 Å². The summed E-state index contributed by atoms with van der Waals surface area (Å²) in [5.41, 5.74) is -0.0473. The fraction of sp³-hybridized carbons (Fsp3) is 0.417. The molecule has 1 rings (SSSR count). The molecule has 88 valence electrons. The fourth-order valence-electron chi connectivity index (χ4n) is 1.49. The number of phenolic OH excluding ortho intramolecular Hbond substituents is 1. The van der Waals surface area contributed by atoms with Gasteiger partial charge in [0.15, 0.2) is 11.6 Å². The smallest absolute Gasteiger partial charge is 0.309 e. The van der Waals surface area contributed by atoms with Crippen LogP contribution in [0.4, 0.5) is 4.39 Å². The molecular formula is C12H15FO3. The lowest BCUT2D eigenvalue weighted by Gasteiger charge is -2.20. The predicted molar refractivity (Wildman–Crippen MR) is 57.9 cm³/mol. The van der Waals surface area contributed by atoms with Crippen molar-refractivity contribution < 1.29 is 19.4 Å². The van der Waals surface area contributed by atoms with Gasteiger partial charge in [-0.3, -0.25) is 4.79 Å². The lowest BCUT2D eigenvalue weighted by Crippen LogP contribution is -2.26. The summed E-state index contributed by atoms with van der Waals surface area (Å²) in [6.45, 7) is 4.77. The minimum Gasteiger partial charge on any atom is -0.505 e. The second-order valence-electron chi connectivity index (χ2n) is 4.62. The first-order valence-electron chi connectivity index (χ1n) is 4.95. The van der Waals surface area contributed by atoms with E-state index in [1.54, 1.807) is 13.0 Å². The Labute approximate surface area is 93.5 Å². The van der Waals surface area contributed by atoms with Crippen molar-refractivity contribution in [1.82, 2.24) is 0 Å². The first-order valence-corrected chi connectivity index (χ1v) is 4.95. The van der Waals surface area contributed by atoms with Gasteiger partial charge in [-0.1, -0.05) is 6.07 Å². The molecule has 0 aliphatic carbocycles. The molecule has 0 spiro atoms. The Kier molecular flexibility index (Phi) is 3.21. The molecule has 1 aromatic rings. The van der Waals surface area contributed by atoms with Gasteiger partial charge in [-0.15, -0.1) is 0 Å². The van der Waals surface area contributed by atoms with Gasteiger partial charge in [0, 0.05) is 0 Å². The van der Waals surface area contributed by atoms with Crippen LogP contribution in [-0.4, -0.2) is 16.2 Å². The van der Waals surface area contributed by atoms with Crippen molar-refractivity contribution in [1.29, 1.82) is 0 Å². The molecule has 0 heterocycles. The van der Waals surface area contributed by atoms with Crippen LogP contribution in [0.25, 0.3) is 0 Å². The Hall–Kier alpha value is -1.58. The van der Waals surface area contributed by atoms with Crippen LogP contribution in [0.3, 0.4) is 0 Å². The Bertz CT molecular complexity index is 425. The van der Waals surface area contributed by atoms with Crippen LogP contribution in [0.5, 0.6) is 5.75 Å². The van der Waals surface area contributed by atoms with Crippen LogP contribution >= 0.6 is 0 Å². The van der Waals surface area contributed by atoms with Crippen LogP contribution in [0.2, 0.25) is 0 Å². The molecule has 3 nitrogen and oxygen atoms in total. The van der Waals surface area contributed by atoms with Crippen LogP contribution in [-0.2, 0) is 11.2 Å². The zero-order chi connectivity index (χ0) is 12.5. The number of aliphatic carboxylic acids is 1. The highest BCUT2D eigenvalue weighted by Crippen LogP contribution is 2.30. The minimum atomic E-state index is -1.03. The first kappa shape index (κ1) is 12.5. The standard InChI is InChI=1S/C12H15FO3/c1-7-4-8(10(14)9(13)5-7)6-12(2,3)11(15)16/h4-5,14H,6H2,1-3H3,(H,15,16). The molecule has 1 aromatic carbocycles. The fourth-order valence-corrected chi connectivity index (χ4v) is 1.49. The highest BCUT2D eigenvalue weighted by Gasteiger charge is 2.29. The highest BCUT2D eigenvalue weighted by molar-refractivity contribution is 5.74. The molecule has 0 aliphatic rings. The third-order valence-electron chi connectivity index (χ3n) is 2.50.